The Labute approximate surface area is 112 Å². The molecule has 0 aromatic heterocycles. The van der Waals surface area contributed by atoms with Gasteiger partial charge in [-0.25, -0.2) is 0 Å². The van der Waals surface area contributed by atoms with E-state index in [-0.39, 0.29) is 18.6 Å². The molecule has 0 bridgehead atoms. The fraction of sp³-hybridized carbons (Fsp3) is 0.462. The number of amides is 1. The molecule has 0 aliphatic heterocycles. The molecule has 1 amide bonds. The van der Waals surface area contributed by atoms with Crippen LogP contribution in [0.3, 0.4) is 0 Å². The van der Waals surface area contributed by atoms with Gasteiger partial charge in [-0.2, -0.15) is 0 Å². The van der Waals surface area contributed by atoms with Gasteiger partial charge in [-0.3, -0.25) is 4.79 Å². The number of nitrogens with one attached hydrogen (secondary N) is 1. The molecule has 0 fully saturated rings. The second-order valence-electron chi connectivity index (χ2n) is 4.14. The summed E-state index contributed by atoms with van der Waals surface area (Å²) in [7, 11) is 0. The summed E-state index contributed by atoms with van der Waals surface area (Å²) in [6.07, 6.45) is 0.764. The van der Waals surface area contributed by atoms with Crippen LogP contribution in [0.1, 0.15) is 12.5 Å². The molecule has 4 nitrogen and oxygen atoms in total. The first-order valence-corrected chi connectivity index (χ1v) is 6.31. The molecule has 1 rings (SSSR count). The van der Waals surface area contributed by atoms with Crippen molar-refractivity contribution in [1.82, 2.24) is 5.32 Å². The van der Waals surface area contributed by atoms with Crippen molar-refractivity contribution in [3.8, 4) is 0 Å². The lowest BCUT2D eigenvalue weighted by molar-refractivity contribution is -0.126. The highest BCUT2D eigenvalue weighted by Crippen LogP contribution is 2.10. The molecule has 0 saturated carbocycles. The van der Waals surface area contributed by atoms with E-state index in [9.17, 15) is 4.79 Å². The lowest BCUT2D eigenvalue weighted by atomic mass is 10.1. The van der Waals surface area contributed by atoms with Gasteiger partial charge in [-0.1, -0.05) is 23.7 Å². The van der Waals surface area contributed by atoms with Crippen molar-refractivity contribution in [2.45, 2.75) is 19.4 Å². The highest BCUT2D eigenvalue weighted by Gasteiger charge is 2.08. The van der Waals surface area contributed by atoms with E-state index in [0.29, 0.717) is 18.2 Å². The zero-order valence-corrected chi connectivity index (χ0v) is 11.2. The molecule has 0 aliphatic rings. The summed E-state index contributed by atoms with van der Waals surface area (Å²) in [5.41, 5.74) is 6.40. The van der Waals surface area contributed by atoms with Gasteiger partial charge in [0.1, 0.15) is 6.61 Å². The molecule has 18 heavy (non-hydrogen) atoms. The molecule has 0 spiro atoms. The zero-order valence-electron chi connectivity index (χ0n) is 10.5. The number of hydrogen-bond donors (Lipinski definition) is 2. The predicted octanol–water partition coefficient (Wildman–Crippen LogP) is 1.36. The molecule has 3 N–H and O–H groups in total. The molecular weight excluding hydrogens is 252 g/mol. The van der Waals surface area contributed by atoms with Gasteiger partial charge in [0.25, 0.3) is 0 Å². The Morgan fingerprint density at radius 1 is 1.44 bits per heavy atom. The third kappa shape index (κ3) is 6.00. The molecule has 0 heterocycles. The molecular formula is C13H19ClN2O2. The van der Waals surface area contributed by atoms with Crippen LogP contribution < -0.4 is 11.1 Å². The monoisotopic (exact) mass is 270 g/mol. The minimum absolute atomic E-state index is 0.0557. The Bertz CT molecular complexity index is 368. The fourth-order valence-electron chi connectivity index (χ4n) is 1.59. The van der Waals surface area contributed by atoms with Crippen LogP contribution in [0.25, 0.3) is 0 Å². The van der Waals surface area contributed by atoms with Gasteiger partial charge in [-0.05, 0) is 31.0 Å². The van der Waals surface area contributed by atoms with Gasteiger partial charge >= 0.3 is 0 Å². The summed E-state index contributed by atoms with van der Waals surface area (Å²) in [5.74, 6) is -0.120. The number of ether oxygens (including phenoxy) is 1. The molecule has 5 heteroatoms. The summed E-state index contributed by atoms with van der Waals surface area (Å²) >= 11 is 5.81. The summed E-state index contributed by atoms with van der Waals surface area (Å²) in [6.45, 7) is 2.84. The van der Waals surface area contributed by atoms with Crippen molar-refractivity contribution >= 4 is 17.5 Å². The molecule has 1 aromatic carbocycles. The third-order valence-corrected chi connectivity index (χ3v) is 2.61. The van der Waals surface area contributed by atoms with Crippen LogP contribution in [0.4, 0.5) is 0 Å². The Morgan fingerprint density at radius 3 is 2.72 bits per heavy atom. The van der Waals surface area contributed by atoms with Crippen LogP contribution in [-0.4, -0.2) is 31.7 Å². The number of rotatable bonds is 7. The van der Waals surface area contributed by atoms with E-state index in [1.807, 2.05) is 31.2 Å². The first kappa shape index (κ1) is 15.0. The van der Waals surface area contributed by atoms with Gasteiger partial charge in [0.05, 0.1) is 6.61 Å². The standard InChI is InChI=1S/C13H19ClN2O2/c1-10(16-13(17)9-18-7-6-15)8-11-2-4-12(14)5-3-11/h2-5,10H,6-9,15H2,1H3,(H,16,17). The number of halogens is 1. The van der Waals surface area contributed by atoms with E-state index in [0.717, 1.165) is 12.0 Å². The molecule has 100 valence electrons. The van der Waals surface area contributed by atoms with Gasteiger partial charge in [-0.15, -0.1) is 0 Å². The van der Waals surface area contributed by atoms with Crippen molar-refractivity contribution in [1.29, 1.82) is 0 Å². The number of carbonyl (C=O) groups is 1. The molecule has 0 saturated heterocycles. The highest BCUT2D eigenvalue weighted by atomic mass is 35.5. The second-order valence-corrected chi connectivity index (χ2v) is 4.58. The van der Waals surface area contributed by atoms with E-state index >= 15 is 0 Å². The lowest BCUT2D eigenvalue weighted by Gasteiger charge is -2.14. The van der Waals surface area contributed by atoms with Crippen LogP contribution in [-0.2, 0) is 16.0 Å². The molecule has 1 aromatic rings. The predicted molar refractivity (Wildman–Crippen MR) is 72.6 cm³/mol. The van der Waals surface area contributed by atoms with Crippen molar-refractivity contribution < 1.29 is 9.53 Å². The number of benzene rings is 1. The number of carbonyl (C=O) groups excluding carboxylic acids is 1. The molecule has 0 radical (unpaired) electrons. The summed E-state index contributed by atoms with van der Waals surface area (Å²) in [4.78, 5) is 11.5. The average molecular weight is 271 g/mol. The van der Waals surface area contributed by atoms with E-state index in [4.69, 9.17) is 22.1 Å². The highest BCUT2D eigenvalue weighted by molar-refractivity contribution is 6.30. The normalized spacial score (nSPS) is 12.2. The largest absolute Gasteiger partial charge is 0.370 e. The van der Waals surface area contributed by atoms with Crippen molar-refractivity contribution in [2.75, 3.05) is 19.8 Å². The second kappa shape index (κ2) is 8.08. The quantitative estimate of drug-likeness (QED) is 0.736. The fourth-order valence-corrected chi connectivity index (χ4v) is 1.72. The van der Waals surface area contributed by atoms with Crippen LogP contribution in [0.5, 0.6) is 0 Å². The first-order valence-electron chi connectivity index (χ1n) is 5.93. The topological polar surface area (TPSA) is 64.3 Å². The smallest absolute Gasteiger partial charge is 0.246 e. The van der Waals surface area contributed by atoms with Crippen LogP contribution in [0.2, 0.25) is 5.02 Å². The van der Waals surface area contributed by atoms with Crippen molar-refractivity contribution in [2.24, 2.45) is 5.73 Å². The van der Waals surface area contributed by atoms with E-state index in [1.165, 1.54) is 0 Å². The number of nitrogens with two attached hydrogens (primary N) is 1. The third-order valence-electron chi connectivity index (χ3n) is 2.36. The maximum absolute atomic E-state index is 11.5. The first-order chi connectivity index (χ1) is 8.61. The van der Waals surface area contributed by atoms with Crippen LogP contribution >= 0.6 is 11.6 Å². The Balaban J connectivity index is 2.30. The maximum Gasteiger partial charge on any atom is 0.246 e. The molecule has 1 unspecified atom stereocenters. The summed E-state index contributed by atoms with van der Waals surface area (Å²) in [6, 6.07) is 7.65. The summed E-state index contributed by atoms with van der Waals surface area (Å²) in [5, 5.41) is 3.58. The molecule has 0 aliphatic carbocycles. The maximum atomic E-state index is 11.5. The van der Waals surface area contributed by atoms with Crippen LogP contribution in [0, 0.1) is 0 Å². The van der Waals surface area contributed by atoms with Crippen LogP contribution in [0.15, 0.2) is 24.3 Å². The SMILES string of the molecule is CC(Cc1ccc(Cl)cc1)NC(=O)COCCN. The Kier molecular flexibility index (Phi) is 6.72. The Hall–Kier alpha value is -1.10. The molecule has 1 atom stereocenters. The van der Waals surface area contributed by atoms with Gasteiger partial charge in [0.2, 0.25) is 5.91 Å². The van der Waals surface area contributed by atoms with Crippen molar-refractivity contribution in [3.05, 3.63) is 34.9 Å². The minimum atomic E-state index is -0.120. The van der Waals surface area contributed by atoms with E-state index < -0.39 is 0 Å². The van der Waals surface area contributed by atoms with Crippen molar-refractivity contribution in [3.63, 3.8) is 0 Å². The number of hydrogen-bond acceptors (Lipinski definition) is 3. The Morgan fingerprint density at radius 2 is 2.11 bits per heavy atom. The summed E-state index contributed by atoms with van der Waals surface area (Å²) < 4.78 is 5.06. The van der Waals surface area contributed by atoms with Gasteiger partial charge < -0.3 is 15.8 Å². The van der Waals surface area contributed by atoms with E-state index in [2.05, 4.69) is 5.32 Å². The minimum Gasteiger partial charge on any atom is -0.370 e. The zero-order chi connectivity index (χ0) is 13.4. The lowest BCUT2D eigenvalue weighted by Crippen LogP contribution is -2.36. The van der Waals surface area contributed by atoms with Gasteiger partial charge in [0, 0.05) is 17.6 Å². The average Bonchev–Trinajstić information content (AvgIpc) is 2.32. The van der Waals surface area contributed by atoms with E-state index in [1.54, 1.807) is 0 Å². The van der Waals surface area contributed by atoms with Gasteiger partial charge in [0.15, 0.2) is 0 Å².